The first-order valence-electron chi connectivity index (χ1n) is 19.9. The van der Waals surface area contributed by atoms with Crippen molar-refractivity contribution >= 4 is 120 Å². The minimum absolute atomic E-state index is 0.135. The maximum Gasteiger partial charge on any atom is 0.0567 e. The van der Waals surface area contributed by atoms with Gasteiger partial charge in [-0.05, 0) is 112 Å². The standard InChI is InChI=1S/C54H36N2S2/c1-3-15-35(16-4-1)55(37-27-29-53-47(31-37)43-23-11-13-25-51(43)57-53)49-33-45-40-20-8-10-22-42(40)50(34-46(45)39-19-7-9-21-41(39)49)56(36-17-5-2-6-18-36)38-28-30-54-48(32-38)44-24-12-14-26-52(44)58-54/h1-31,33-34,38H,32H2. The average Bonchev–Trinajstić information content (AvgIpc) is 3.85. The molecule has 1 atom stereocenters. The summed E-state index contributed by atoms with van der Waals surface area (Å²) in [6.07, 6.45) is 5.73. The minimum Gasteiger partial charge on any atom is -0.334 e. The van der Waals surface area contributed by atoms with Crippen molar-refractivity contribution in [2.45, 2.75) is 12.5 Å². The first-order valence-corrected chi connectivity index (χ1v) is 21.6. The van der Waals surface area contributed by atoms with Crippen LogP contribution in [-0.2, 0) is 6.42 Å². The third-order valence-corrected chi connectivity index (χ3v) is 14.3. The number of nitrogens with zero attached hydrogens (tertiary/aromatic N) is 2. The minimum atomic E-state index is 0.135. The smallest absolute Gasteiger partial charge is 0.0567 e. The molecule has 11 aromatic rings. The number of para-hydroxylation sites is 2. The summed E-state index contributed by atoms with van der Waals surface area (Å²) < 4.78 is 3.98. The molecule has 0 saturated carbocycles. The van der Waals surface area contributed by atoms with Gasteiger partial charge in [0.25, 0.3) is 0 Å². The van der Waals surface area contributed by atoms with Crippen molar-refractivity contribution in [3.63, 3.8) is 0 Å². The molecule has 4 heteroatoms. The van der Waals surface area contributed by atoms with Gasteiger partial charge in [0.15, 0.2) is 0 Å². The highest BCUT2D eigenvalue weighted by molar-refractivity contribution is 7.25. The average molecular weight is 777 g/mol. The lowest BCUT2D eigenvalue weighted by atomic mass is 9.91. The SMILES string of the molecule is C1=CC(N(c2ccccc2)c2cc3c4ccccc4c(N(c4ccccc4)c4ccc5sc6ccccc6c5c4)cc3c3ccccc23)Cc2c1sc1ccccc21. The lowest BCUT2D eigenvalue weighted by Gasteiger charge is -2.35. The van der Waals surface area contributed by atoms with E-state index in [1.165, 1.54) is 84.4 Å². The van der Waals surface area contributed by atoms with Crippen molar-refractivity contribution in [1.82, 2.24) is 0 Å². The van der Waals surface area contributed by atoms with Gasteiger partial charge in [0.2, 0.25) is 0 Å². The first-order chi connectivity index (χ1) is 28.8. The molecule has 1 unspecified atom stereocenters. The Balaban J connectivity index is 1.10. The van der Waals surface area contributed by atoms with Crippen molar-refractivity contribution in [2.24, 2.45) is 0 Å². The van der Waals surface area contributed by atoms with Crippen LogP contribution in [0.15, 0.2) is 194 Å². The topological polar surface area (TPSA) is 6.48 Å². The summed E-state index contributed by atoms with van der Waals surface area (Å²) in [5.74, 6) is 0. The highest BCUT2D eigenvalue weighted by Gasteiger charge is 2.28. The summed E-state index contributed by atoms with van der Waals surface area (Å²) in [5, 5.41) is 11.4. The second-order valence-electron chi connectivity index (χ2n) is 15.2. The van der Waals surface area contributed by atoms with Gasteiger partial charge in [-0.1, -0.05) is 127 Å². The van der Waals surface area contributed by atoms with Crippen LogP contribution in [0.3, 0.4) is 0 Å². The van der Waals surface area contributed by atoms with Gasteiger partial charge in [-0.15, -0.1) is 22.7 Å². The van der Waals surface area contributed by atoms with Gasteiger partial charge in [-0.3, -0.25) is 0 Å². The van der Waals surface area contributed by atoms with Crippen LogP contribution >= 0.6 is 22.7 Å². The Kier molecular flexibility index (Phi) is 7.75. The van der Waals surface area contributed by atoms with E-state index in [-0.39, 0.29) is 6.04 Å². The van der Waals surface area contributed by atoms with E-state index in [9.17, 15) is 0 Å². The zero-order valence-electron chi connectivity index (χ0n) is 31.5. The van der Waals surface area contributed by atoms with Crippen molar-refractivity contribution in [3.8, 4) is 0 Å². The lowest BCUT2D eigenvalue weighted by molar-refractivity contribution is 0.776. The Bertz CT molecular complexity index is 3400. The maximum absolute atomic E-state index is 2.59. The normalized spacial score (nSPS) is 13.9. The fourth-order valence-electron chi connectivity index (χ4n) is 9.37. The van der Waals surface area contributed by atoms with E-state index in [2.05, 4.69) is 210 Å². The Labute approximate surface area is 344 Å². The predicted octanol–water partition coefficient (Wildman–Crippen LogP) is 16.0. The molecule has 0 fully saturated rings. The van der Waals surface area contributed by atoms with E-state index in [4.69, 9.17) is 0 Å². The number of anilines is 5. The number of rotatable bonds is 6. The zero-order valence-corrected chi connectivity index (χ0v) is 33.2. The van der Waals surface area contributed by atoms with Crippen LogP contribution in [0.4, 0.5) is 28.4 Å². The van der Waals surface area contributed by atoms with Gasteiger partial charge in [0.05, 0.1) is 17.4 Å². The molecular formula is C54H36N2S2. The molecule has 0 N–H and O–H groups in total. The van der Waals surface area contributed by atoms with Crippen molar-refractivity contribution < 1.29 is 0 Å². The Hall–Kier alpha value is -6.72. The molecule has 0 aliphatic heterocycles. The molecule has 12 rings (SSSR count). The molecule has 0 saturated heterocycles. The summed E-state index contributed by atoms with van der Waals surface area (Å²) in [4.78, 5) is 6.43. The highest BCUT2D eigenvalue weighted by atomic mass is 32.1. The molecule has 1 aliphatic carbocycles. The number of thiophene rings is 2. The van der Waals surface area contributed by atoms with E-state index in [1.807, 2.05) is 22.7 Å². The zero-order chi connectivity index (χ0) is 38.2. The predicted molar refractivity (Wildman–Crippen MR) is 253 cm³/mol. The number of fused-ring (bicyclic) bond motifs is 11. The molecule has 274 valence electrons. The summed E-state index contributed by atoms with van der Waals surface area (Å²) in [6.45, 7) is 0. The summed E-state index contributed by atoms with van der Waals surface area (Å²) >= 11 is 3.77. The van der Waals surface area contributed by atoms with Gasteiger partial charge in [-0.2, -0.15) is 0 Å². The maximum atomic E-state index is 2.59. The molecular weight excluding hydrogens is 741 g/mol. The van der Waals surface area contributed by atoms with Crippen LogP contribution in [-0.4, -0.2) is 6.04 Å². The molecule has 0 amide bonds. The number of hydrogen-bond acceptors (Lipinski definition) is 4. The van der Waals surface area contributed by atoms with Gasteiger partial charge < -0.3 is 9.80 Å². The van der Waals surface area contributed by atoms with Crippen molar-refractivity contribution in [2.75, 3.05) is 9.80 Å². The van der Waals surface area contributed by atoms with Crippen LogP contribution in [0.1, 0.15) is 10.4 Å². The first kappa shape index (κ1) is 33.4. The highest BCUT2D eigenvalue weighted by Crippen LogP contribution is 2.48. The fourth-order valence-corrected chi connectivity index (χ4v) is 11.6. The van der Waals surface area contributed by atoms with Crippen LogP contribution in [0.5, 0.6) is 0 Å². The molecule has 2 nitrogen and oxygen atoms in total. The molecule has 0 radical (unpaired) electrons. The number of benzene rings is 9. The fraction of sp³-hybridized carbons (Fsp3) is 0.0370. The summed E-state index contributed by atoms with van der Waals surface area (Å²) in [5.41, 5.74) is 7.30. The third-order valence-electron chi connectivity index (χ3n) is 12.0. The van der Waals surface area contributed by atoms with E-state index in [0.717, 1.165) is 23.5 Å². The Morgan fingerprint density at radius 1 is 0.379 bits per heavy atom. The van der Waals surface area contributed by atoms with E-state index < -0.39 is 0 Å². The van der Waals surface area contributed by atoms with E-state index >= 15 is 0 Å². The quantitative estimate of drug-likeness (QED) is 0.155. The van der Waals surface area contributed by atoms with Gasteiger partial charge in [-0.25, -0.2) is 0 Å². The summed E-state index contributed by atoms with van der Waals surface area (Å²) in [6, 6.07) is 69.5. The lowest BCUT2D eigenvalue weighted by Crippen LogP contribution is -2.32. The second-order valence-corrected chi connectivity index (χ2v) is 17.4. The molecule has 0 spiro atoms. The van der Waals surface area contributed by atoms with Gasteiger partial charge >= 0.3 is 0 Å². The molecule has 2 aromatic heterocycles. The van der Waals surface area contributed by atoms with Gasteiger partial charge in [0, 0.05) is 57.6 Å². The largest absolute Gasteiger partial charge is 0.334 e. The molecule has 2 heterocycles. The van der Waals surface area contributed by atoms with Crippen LogP contribution in [0, 0.1) is 0 Å². The van der Waals surface area contributed by atoms with Gasteiger partial charge in [0.1, 0.15) is 0 Å². The van der Waals surface area contributed by atoms with Crippen LogP contribution < -0.4 is 9.80 Å². The van der Waals surface area contributed by atoms with Crippen LogP contribution in [0.2, 0.25) is 0 Å². The van der Waals surface area contributed by atoms with E-state index in [1.54, 1.807) is 0 Å². The van der Waals surface area contributed by atoms with Crippen molar-refractivity contribution in [1.29, 1.82) is 0 Å². The number of hydrogen-bond donors (Lipinski definition) is 0. The van der Waals surface area contributed by atoms with E-state index in [0.29, 0.717) is 0 Å². The molecule has 0 bridgehead atoms. The molecule has 58 heavy (non-hydrogen) atoms. The third kappa shape index (κ3) is 5.30. The second kappa shape index (κ2) is 13.5. The Morgan fingerprint density at radius 2 is 0.914 bits per heavy atom. The molecule has 1 aliphatic rings. The summed E-state index contributed by atoms with van der Waals surface area (Å²) in [7, 11) is 0. The van der Waals surface area contributed by atoms with Crippen LogP contribution in [0.25, 0.3) is 68.7 Å². The molecule has 9 aromatic carbocycles. The van der Waals surface area contributed by atoms with Crippen molar-refractivity contribution in [3.05, 3.63) is 205 Å². The monoisotopic (exact) mass is 776 g/mol. The Morgan fingerprint density at radius 3 is 1.62 bits per heavy atom.